The summed E-state index contributed by atoms with van der Waals surface area (Å²) in [5.41, 5.74) is 2.67. The van der Waals surface area contributed by atoms with Gasteiger partial charge in [0, 0.05) is 0 Å². The molecule has 5 aliphatic rings. The van der Waals surface area contributed by atoms with Crippen LogP contribution in [0, 0.1) is 56.7 Å². The van der Waals surface area contributed by atoms with Crippen LogP contribution in [-0.2, 0) is 19.0 Å². The van der Waals surface area contributed by atoms with E-state index < -0.39 is 10.1 Å². The molecule has 0 saturated heterocycles. The molecule has 5 heteroatoms. The van der Waals surface area contributed by atoms with Gasteiger partial charge < -0.3 is 4.74 Å². The maximum absolute atomic E-state index is 11.8. The van der Waals surface area contributed by atoms with Crippen LogP contribution >= 0.6 is 0 Å². The predicted molar refractivity (Wildman–Crippen MR) is 164 cm³/mol. The van der Waals surface area contributed by atoms with Crippen LogP contribution in [0.15, 0.2) is 24.8 Å². The van der Waals surface area contributed by atoms with E-state index in [4.69, 9.17) is 8.92 Å². The van der Waals surface area contributed by atoms with Crippen molar-refractivity contribution in [2.45, 2.75) is 118 Å². The Kier molecular flexibility index (Phi) is 7.87. The van der Waals surface area contributed by atoms with E-state index in [9.17, 15) is 8.42 Å². The highest BCUT2D eigenvalue weighted by Gasteiger charge is 2.70. The summed E-state index contributed by atoms with van der Waals surface area (Å²) in [7, 11) is -3.42. The van der Waals surface area contributed by atoms with Crippen LogP contribution in [0.2, 0.25) is 0 Å². The summed E-state index contributed by atoms with van der Waals surface area (Å²) in [5.74, 6) is 3.24. The van der Waals surface area contributed by atoms with E-state index in [1.54, 1.807) is 0 Å². The van der Waals surface area contributed by atoms with Gasteiger partial charge in [-0.15, -0.1) is 6.58 Å². The molecule has 4 nitrogen and oxygen atoms in total. The highest BCUT2D eigenvalue weighted by atomic mass is 32.2. The Balaban J connectivity index is 1.46. The van der Waals surface area contributed by atoms with Crippen LogP contribution in [0.25, 0.3) is 0 Å². The fourth-order valence-electron chi connectivity index (χ4n) is 12.6. The Hall–Kier alpha value is -0.650. The molecule has 5 fully saturated rings. The zero-order chi connectivity index (χ0) is 29.4. The zero-order valence-corrected chi connectivity index (χ0v) is 27.5. The molecular formula is C35H58O4S. The number of fused-ring (bicyclic) bond motifs is 7. The van der Waals surface area contributed by atoms with Crippen LogP contribution in [0.4, 0.5) is 0 Å². The highest BCUT2D eigenvalue weighted by molar-refractivity contribution is 7.85. The van der Waals surface area contributed by atoms with Crippen molar-refractivity contribution in [3.63, 3.8) is 0 Å². The molecule has 5 rings (SSSR count). The van der Waals surface area contributed by atoms with Gasteiger partial charge in [-0.2, -0.15) is 8.42 Å². The van der Waals surface area contributed by atoms with Crippen molar-refractivity contribution in [1.29, 1.82) is 0 Å². The van der Waals surface area contributed by atoms with E-state index in [1.165, 1.54) is 69.6 Å². The number of hydrogen-bond acceptors (Lipinski definition) is 4. The Morgan fingerprint density at radius 2 is 1.62 bits per heavy atom. The van der Waals surface area contributed by atoms with Gasteiger partial charge >= 0.3 is 0 Å². The van der Waals surface area contributed by atoms with Crippen molar-refractivity contribution >= 4 is 10.1 Å². The molecule has 0 spiro atoms. The first-order chi connectivity index (χ1) is 18.6. The minimum absolute atomic E-state index is 0.174. The third-order valence-corrected chi connectivity index (χ3v) is 15.1. The summed E-state index contributed by atoms with van der Waals surface area (Å²) in [4.78, 5) is 0. The molecular weight excluding hydrogens is 516 g/mol. The molecule has 0 N–H and O–H groups in total. The van der Waals surface area contributed by atoms with Crippen LogP contribution in [0.5, 0.6) is 0 Å². The number of ether oxygens (including phenoxy) is 1. The summed E-state index contributed by atoms with van der Waals surface area (Å²) < 4.78 is 35.4. The fraction of sp³-hybridized carbons (Fsp3) is 0.886. The van der Waals surface area contributed by atoms with Gasteiger partial charge in [0.1, 0.15) is 0 Å². The van der Waals surface area contributed by atoms with Gasteiger partial charge in [-0.1, -0.05) is 52.8 Å². The summed E-state index contributed by atoms with van der Waals surface area (Å²) in [6, 6.07) is 0. The lowest BCUT2D eigenvalue weighted by Crippen LogP contribution is -2.66. The summed E-state index contributed by atoms with van der Waals surface area (Å²) >= 11 is 0. The maximum atomic E-state index is 11.8. The molecule has 0 amide bonds. The van der Waals surface area contributed by atoms with E-state index in [2.05, 4.69) is 54.7 Å². The van der Waals surface area contributed by atoms with Gasteiger partial charge in [-0.05, 0) is 134 Å². The summed E-state index contributed by atoms with van der Waals surface area (Å²) in [6.45, 7) is 24.6. The van der Waals surface area contributed by atoms with Crippen molar-refractivity contribution in [1.82, 2.24) is 0 Å². The molecule has 0 aromatic carbocycles. The lowest BCUT2D eigenvalue weighted by Gasteiger charge is -2.73. The first kappa shape index (κ1) is 30.8. The van der Waals surface area contributed by atoms with Gasteiger partial charge in [-0.3, -0.25) is 4.18 Å². The molecule has 40 heavy (non-hydrogen) atoms. The molecule has 10 atom stereocenters. The molecule has 0 heterocycles. The minimum Gasteiger partial charge on any atom is -0.374 e. The second kappa shape index (κ2) is 10.2. The molecule has 0 aliphatic heterocycles. The molecule has 5 saturated carbocycles. The number of rotatable bonds is 8. The molecule has 0 unspecified atom stereocenters. The van der Waals surface area contributed by atoms with E-state index in [1.807, 2.05) is 6.08 Å². The van der Waals surface area contributed by atoms with Crippen molar-refractivity contribution in [2.75, 3.05) is 19.5 Å². The molecule has 0 aromatic heterocycles. The lowest BCUT2D eigenvalue weighted by molar-refractivity contribution is -0.251. The largest absolute Gasteiger partial charge is 0.374 e. The Morgan fingerprint density at radius 3 is 2.27 bits per heavy atom. The Bertz CT molecular complexity index is 1110. The predicted octanol–water partition coefficient (Wildman–Crippen LogP) is 8.58. The Morgan fingerprint density at radius 1 is 0.900 bits per heavy atom. The van der Waals surface area contributed by atoms with Crippen molar-refractivity contribution in [3.8, 4) is 0 Å². The normalized spacial score (nSPS) is 47.9. The fourth-order valence-corrected chi connectivity index (χ4v) is 13.0. The topological polar surface area (TPSA) is 52.6 Å². The average molecular weight is 575 g/mol. The zero-order valence-electron chi connectivity index (χ0n) is 26.7. The van der Waals surface area contributed by atoms with E-state index in [-0.39, 0.29) is 10.8 Å². The second-order valence-corrected chi connectivity index (χ2v) is 17.9. The first-order valence-electron chi connectivity index (χ1n) is 16.3. The quantitative estimate of drug-likeness (QED) is 0.215. The molecule has 0 radical (unpaired) electrons. The van der Waals surface area contributed by atoms with Gasteiger partial charge in [0.05, 0.1) is 25.6 Å². The van der Waals surface area contributed by atoms with Crippen molar-refractivity contribution < 1.29 is 17.3 Å². The first-order valence-corrected chi connectivity index (χ1v) is 18.1. The molecule has 0 bridgehead atoms. The molecule has 228 valence electrons. The third-order valence-electron chi connectivity index (χ3n) is 14.5. The minimum atomic E-state index is -3.42. The van der Waals surface area contributed by atoms with Gasteiger partial charge in [-0.25, -0.2) is 0 Å². The van der Waals surface area contributed by atoms with Gasteiger partial charge in [0.15, 0.2) is 0 Å². The van der Waals surface area contributed by atoms with Crippen LogP contribution in [-0.4, -0.2) is 34.0 Å². The summed E-state index contributed by atoms with van der Waals surface area (Å²) in [6.07, 6.45) is 16.8. The SMILES string of the molecule is C=CCO[C@H]1CC[C@]2(C)[C@H]3CC[C@@H]4[C@H]5[C@H](C(=C)C)CC[C@]5(CCOS(C)(=O)=O)CC[C@@]4(C)[C@]3(C)CC[C@H]2C1(C)C. The smallest absolute Gasteiger partial charge is 0.264 e. The van der Waals surface area contributed by atoms with E-state index in [0.717, 1.165) is 18.8 Å². The molecule has 0 aromatic rings. The van der Waals surface area contributed by atoms with Crippen molar-refractivity contribution in [3.05, 3.63) is 24.8 Å². The average Bonchev–Trinajstić information content (AvgIpc) is 3.23. The van der Waals surface area contributed by atoms with Crippen LogP contribution < -0.4 is 0 Å². The number of hydrogen-bond donors (Lipinski definition) is 0. The van der Waals surface area contributed by atoms with Crippen LogP contribution in [0.3, 0.4) is 0 Å². The third kappa shape index (κ3) is 4.53. The number of allylic oxidation sites excluding steroid dienone is 1. The van der Waals surface area contributed by atoms with Crippen molar-refractivity contribution in [2.24, 2.45) is 56.7 Å². The van der Waals surface area contributed by atoms with E-state index >= 15 is 0 Å². The maximum Gasteiger partial charge on any atom is 0.264 e. The highest BCUT2D eigenvalue weighted by Crippen LogP contribution is 2.78. The molecule has 5 aliphatic carbocycles. The standard InChI is InChI=1S/C35H58O4S/c1-10-22-38-29-15-16-32(6)27(31(29,4)5)14-17-34(8)28(32)12-11-26-30-25(24(2)3)13-18-35(30,20-19-33(26,34)7)21-23-39-40(9,36)37/h10,25-30H,1-2,11-23H2,3-9H3/t25-,26+,27-,28+,29-,30+,32-,33+,34+,35+/m0/s1. The van der Waals surface area contributed by atoms with E-state index in [0.29, 0.717) is 59.2 Å². The lowest BCUT2D eigenvalue weighted by atomic mass is 9.32. The summed E-state index contributed by atoms with van der Waals surface area (Å²) in [5, 5.41) is 0. The Labute approximate surface area is 246 Å². The van der Waals surface area contributed by atoms with Crippen LogP contribution in [0.1, 0.15) is 112 Å². The van der Waals surface area contributed by atoms with Gasteiger partial charge in [0.2, 0.25) is 0 Å². The second-order valence-electron chi connectivity index (χ2n) is 16.3. The monoisotopic (exact) mass is 574 g/mol. The van der Waals surface area contributed by atoms with Gasteiger partial charge in [0.25, 0.3) is 10.1 Å².